The van der Waals surface area contributed by atoms with Gasteiger partial charge in [0.05, 0.1) is 32.3 Å². The molecule has 1 amide bonds. The number of ether oxygens (including phenoxy) is 3. The fourth-order valence-corrected chi connectivity index (χ4v) is 5.10. The Balaban J connectivity index is 1.59. The smallest absolute Gasteiger partial charge is 0.241 e. The number of hydrogen-bond donors (Lipinski definition) is 1. The predicted molar refractivity (Wildman–Crippen MR) is 124 cm³/mol. The number of hydrogen-bond acceptors (Lipinski definition) is 7. The van der Waals surface area contributed by atoms with Gasteiger partial charge < -0.3 is 19.1 Å². The van der Waals surface area contributed by atoms with Crippen LogP contribution in [0.3, 0.4) is 0 Å². The summed E-state index contributed by atoms with van der Waals surface area (Å²) in [5, 5.41) is 0. The number of nitrogens with one attached hydrogen (secondary N) is 1. The lowest BCUT2D eigenvalue weighted by Gasteiger charge is -2.36. The first-order chi connectivity index (χ1) is 15.8. The maximum absolute atomic E-state index is 12.9. The standard InChI is InChI=1S/C23H31N3O6S/c1-17(24-33(28,29)19-8-6-5-7-9-19)23(27)26-14-12-25(13-15-26)16-18-10-11-20(30-2)22(32-4)21(18)31-3/h5-11,17,24H,12-16H2,1-4H3/t17-/m0/s1. The second-order valence-corrected chi connectivity index (χ2v) is 9.46. The van der Waals surface area contributed by atoms with Crippen molar-refractivity contribution >= 4 is 15.9 Å². The molecule has 1 aliphatic rings. The molecule has 180 valence electrons. The lowest BCUT2D eigenvalue weighted by molar-refractivity contribution is -0.134. The van der Waals surface area contributed by atoms with E-state index >= 15 is 0 Å². The summed E-state index contributed by atoms with van der Waals surface area (Å²) in [5.41, 5.74) is 0.957. The number of carbonyl (C=O) groups excluding carboxylic acids is 1. The summed E-state index contributed by atoms with van der Waals surface area (Å²) in [7, 11) is 0.983. The lowest BCUT2D eigenvalue weighted by Crippen LogP contribution is -2.53. The van der Waals surface area contributed by atoms with Gasteiger partial charge in [0.1, 0.15) is 0 Å². The van der Waals surface area contributed by atoms with Crippen LogP contribution in [0.15, 0.2) is 47.4 Å². The van der Waals surface area contributed by atoms with E-state index in [4.69, 9.17) is 14.2 Å². The van der Waals surface area contributed by atoms with Gasteiger partial charge >= 0.3 is 0 Å². The molecule has 33 heavy (non-hydrogen) atoms. The Kier molecular flexibility index (Phi) is 8.17. The van der Waals surface area contributed by atoms with Gasteiger partial charge in [-0.2, -0.15) is 4.72 Å². The van der Waals surface area contributed by atoms with Gasteiger partial charge in [-0.3, -0.25) is 9.69 Å². The molecule has 0 spiro atoms. The summed E-state index contributed by atoms with van der Waals surface area (Å²) in [4.78, 5) is 16.9. The van der Waals surface area contributed by atoms with Crippen LogP contribution in [-0.4, -0.2) is 77.7 Å². The van der Waals surface area contributed by atoms with Crippen LogP contribution in [0.25, 0.3) is 0 Å². The third-order valence-electron chi connectivity index (χ3n) is 5.62. The molecular formula is C23H31N3O6S. The highest BCUT2D eigenvalue weighted by molar-refractivity contribution is 7.89. The van der Waals surface area contributed by atoms with Crippen molar-refractivity contribution in [3.63, 3.8) is 0 Å². The number of sulfonamides is 1. The third-order valence-corrected chi connectivity index (χ3v) is 7.18. The van der Waals surface area contributed by atoms with Crippen LogP contribution in [-0.2, 0) is 21.4 Å². The summed E-state index contributed by atoms with van der Waals surface area (Å²) in [6.07, 6.45) is 0. The molecule has 1 atom stereocenters. The Morgan fingerprint density at radius 2 is 1.58 bits per heavy atom. The molecule has 1 aliphatic heterocycles. The zero-order chi connectivity index (χ0) is 24.0. The molecule has 0 aliphatic carbocycles. The zero-order valence-electron chi connectivity index (χ0n) is 19.4. The van der Waals surface area contributed by atoms with E-state index in [0.717, 1.165) is 5.56 Å². The second-order valence-electron chi connectivity index (χ2n) is 7.75. The minimum absolute atomic E-state index is 0.137. The van der Waals surface area contributed by atoms with Crippen molar-refractivity contribution in [2.45, 2.75) is 24.4 Å². The van der Waals surface area contributed by atoms with Crippen molar-refractivity contribution < 1.29 is 27.4 Å². The van der Waals surface area contributed by atoms with Gasteiger partial charge in [0, 0.05) is 38.3 Å². The number of nitrogens with zero attached hydrogens (tertiary/aromatic N) is 2. The first-order valence-corrected chi connectivity index (χ1v) is 12.2. The van der Waals surface area contributed by atoms with Crippen molar-refractivity contribution in [2.24, 2.45) is 0 Å². The van der Waals surface area contributed by atoms with E-state index in [0.29, 0.717) is 50.0 Å². The Morgan fingerprint density at radius 1 is 0.939 bits per heavy atom. The normalized spacial score (nSPS) is 15.7. The summed E-state index contributed by atoms with van der Waals surface area (Å²) < 4.78 is 43.9. The number of carbonyl (C=O) groups is 1. The molecule has 2 aromatic carbocycles. The van der Waals surface area contributed by atoms with E-state index < -0.39 is 16.1 Å². The highest BCUT2D eigenvalue weighted by Gasteiger charge is 2.29. The molecule has 1 N–H and O–H groups in total. The quantitative estimate of drug-likeness (QED) is 0.587. The van der Waals surface area contributed by atoms with Crippen LogP contribution in [0, 0.1) is 0 Å². The number of piperazine rings is 1. The van der Waals surface area contributed by atoms with E-state index in [1.165, 1.54) is 12.1 Å². The largest absolute Gasteiger partial charge is 0.493 e. The summed E-state index contributed by atoms with van der Waals surface area (Å²) >= 11 is 0. The van der Waals surface area contributed by atoms with Gasteiger partial charge in [-0.05, 0) is 25.1 Å². The van der Waals surface area contributed by atoms with Crippen molar-refractivity contribution in [3.8, 4) is 17.2 Å². The Bertz CT molecular complexity index is 1050. The van der Waals surface area contributed by atoms with Crippen LogP contribution < -0.4 is 18.9 Å². The molecule has 0 saturated carbocycles. The van der Waals surface area contributed by atoms with Gasteiger partial charge in [0.25, 0.3) is 0 Å². The van der Waals surface area contributed by atoms with Crippen LogP contribution in [0.2, 0.25) is 0 Å². The van der Waals surface area contributed by atoms with E-state index in [1.807, 2.05) is 12.1 Å². The summed E-state index contributed by atoms with van der Waals surface area (Å²) in [5.74, 6) is 1.53. The SMILES string of the molecule is COc1ccc(CN2CCN(C(=O)[C@H](C)NS(=O)(=O)c3ccccc3)CC2)c(OC)c1OC. The van der Waals surface area contributed by atoms with Crippen LogP contribution in [0.4, 0.5) is 0 Å². The van der Waals surface area contributed by atoms with E-state index in [1.54, 1.807) is 51.4 Å². The van der Waals surface area contributed by atoms with Crippen LogP contribution in [0.5, 0.6) is 17.2 Å². The summed E-state index contributed by atoms with van der Waals surface area (Å²) in [6, 6.07) is 11.0. The molecule has 1 saturated heterocycles. The van der Waals surface area contributed by atoms with Crippen LogP contribution >= 0.6 is 0 Å². The molecule has 0 aromatic heterocycles. The molecule has 10 heteroatoms. The average molecular weight is 478 g/mol. The Hall–Kier alpha value is -2.82. The van der Waals surface area contributed by atoms with Gasteiger partial charge in [-0.1, -0.05) is 24.3 Å². The van der Waals surface area contributed by atoms with E-state index in [-0.39, 0.29) is 10.8 Å². The molecule has 3 rings (SSSR count). The number of methoxy groups -OCH3 is 3. The van der Waals surface area contributed by atoms with Gasteiger partial charge in [-0.15, -0.1) is 0 Å². The molecule has 2 aromatic rings. The van der Waals surface area contributed by atoms with Gasteiger partial charge in [-0.25, -0.2) is 8.42 Å². The average Bonchev–Trinajstić information content (AvgIpc) is 2.83. The van der Waals surface area contributed by atoms with Gasteiger partial charge in [0.15, 0.2) is 11.5 Å². The number of amides is 1. The first kappa shape index (κ1) is 24.8. The van der Waals surface area contributed by atoms with Crippen LogP contribution in [0.1, 0.15) is 12.5 Å². The maximum Gasteiger partial charge on any atom is 0.241 e. The van der Waals surface area contributed by atoms with Crippen molar-refractivity contribution in [2.75, 3.05) is 47.5 Å². The fourth-order valence-electron chi connectivity index (χ4n) is 3.88. The Labute approximate surface area is 195 Å². The molecular weight excluding hydrogens is 446 g/mol. The zero-order valence-corrected chi connectivity index (χ0v) is 20.2. The first-order valence-electron chi connectivity index (χ1n) is 10.7. The van der Waals surface area contributed by atoms with Gasteiger partial charge in [0.2, 0.25) is 21.7 Å². The van der Waals surface area contributed by atoms with E-state index in [2.05, 4.69) is 9.62 Å². The minimum Gasteiger partial charge on any atom is -0.493 e. The number of benzene rings is 2. The fraction of sp³-hybridized carbons (Fsp3) is 0.435. The van der Waals surface area contributed by atoms with Crippen molar-refractivity contribution in [1.29, 1.82) is 0 Å². The summed E-state index contributed by atoms with van der Waals surface area (Å²) in [6.45, 7) is 4.52. The monoisotopic (exact) mass is 477 g/mol. The second kappa shape index (κ2) is 10.9. The third kappa shape index (κ3) is 5.76. The molecule has 1 fully saturated rings. The predicted octanol–water partition coefficient (Wildman–Crippen LogP) is 1.72. The molecule has 0 bridgehead atoms. The number of rotatable bonds is 9. The molecule has 1 heterocycles. The minimum atomic E-state index is -3.76. The topological polar surface area (TPSA) is 97.4 Å². The highest BCUT2D eigenvalue weighted by atomic mass is 32.2. The Morgan fingerprint density at radius 3 is 2.15 bits per heavy atom. The van der Waals surface area contributed by atoms with Crippen molar-refractivity contribution in [1.82, 2.24) is 14.5 Å². The molecule has 9 nitrogen and oxygen atoms in total. The maximum atomic E-state index is 12.9. The van der Waals surface area contributed by atoms with E-state index in [9.17, 15) is 13.2 Å². The lowest BCUT2D eigenvalue weighted by atomic mass is 10.1. The highest BCUT2D eigenvalue weighted by Crippen LogP contribution is 2.40. The van der Waals surface area contributed by atoms with Crippen molar-refractivity contribution in [3.05, 3.63) is 48.0 Å². The molecule has 0 radical (unpaired) electrons. The molecule has 0 unspecified atom stereocenters.